The van der Waals surface area contributed by atoms with Gasteiger partial charge < -0.3 is 24.8 Å². The molecule has 4 rings (SSSR count). The molecule has 4 aliphatic rings. The summed E-state index contributed by atoms with van der Waals surface area (Å²) >= 11 is 0. The Morgan fingerprint density at radius 3 is 2.16 bits per heavy atom. The van der Waals surface area contributed by atoms with Gasteiger partial charge in [-0.3, -0.25) is 9.59 Å². The molecule has 0 radical (unpaired) electrons. The number of hydrogen-bond acceptors (Lipinski definition) is 7. The second-order valence-corrected chi connectivity index (χ2v) is 11.3. The monoisotopic (exact) mass is 436 g/mol. The molecule has 3 N–H and O–H groups in total. The van der Waals surface area contributed by atoms with Crippen molar-refractivity contribution in [2.24, 2.45) is 34.0 Å². The fourth-order valence-electron chi connectivity index (χ4n) is 8.47. The van der Waals surface area contributed by atoms with Crippen LogP contribution in [0.3, 0.4) is 0 Å². The lowest BCUT2D eigenvalue weighted by molar-refractivity contribution is -0.290. The van der Waals surface area contributed by atoms with Crippen LogP contribution in [0.4, 0.5) is 0 Å². The van der Waals surface area contributed by atoms with E-state index in [4.69, 9.17) is 9.47 Å². The molecule has 7 nitrogen and oxygen atoms in total. The molecule has 4 fully saturated rings. The molecule has 0 aromatic rings. The number of fused-ring (bicyclic) bond motifs is 3. The van der Waals surface area contributed by atoms with Crippen molar-refractivity contribution in [2.45, 2.75) is 90.8 Å². The maximum atomic E-state index is 12.0. The standard InChI is InChI=1S/C24H36O7/c1-11-14-7-16(30-12(2)25)20-23(6)17(28)8-18(31-13(3)26)22(4,5)19(23)15(27)10-24(20,9-14)21(11)29/h14-21,27-29H,1,7-10H2,2-6H3/t14-,15+,16+,17+,18+,19-,20+,21-,23-,24+/m1/s1. The van der Waals surface area contributed by atoms with Gasteiger partial charge in [-0.2, -0.15) is 0 Å². The Labute approximate surface area is 183 Å². The molecule has 0 heterocycles. The summed E-state index contributed by atoms with van der Waals surface area (Å²) in [6.45, 7) is 12.7. The van der Waals surface area contributed by atoms with E-state index in [9.17, 15) is 24.9 Å². The normalized spacial score (nSPS) is 50.3. The van der Waals surface area contributed by atoms with Crippen molar-refractivity contribution >= 4 is 11.9 Å². The zero-order valence-electron chi connectivity index (χ0n) is 19.1. The number of carbonyl (C=O) groups excluding carboxylic acids is 2. The van der Waals surface area contributed by atoms with Crippen molar-refractivity contribution in [2.75, 3.05) is 0 Å². The van der Waals surface area contributed by atoms with E-state index in [1.165, 1.54) is 13.8 Å². The molecule has 4 saturated carbocycles. The smallest absolute Gasteiger partial charge is 0.302 e. The molecule has 1 spiro atoms. The predicted octanol–water partition coefficient (Wildman–Crippen LogP) is 1.97. The van der Waals surface area contributed by atoms with Gasteiger partial charge in [-0.25, -0.2) is 0 Å². The first-order valence-corrected chi connectivity index (χ1v) is 11.3. The minimum absolute atomic E-state index is 0.0190. The quantitative estimate of drug-likeness (QED) is 0.448. The first kappa shape index (κ1) is 22.7. The van der Waals surface area contributed by atoms with Crippen molar-refractivity contribution in [1.82, 2.24) is 0 Å². The highest BCUT2D eigenvalue weighted by atomic mass is 16.5. The van der Waals surface area contributed by atoms with Crippen molar-refractivity contribution in [3.8, 4) is 0 Å². The van der Waals surface area contributed by atoms with Gasteiger partial charge in [0.2, 0.25) is 0 Å². The van der Waals surface area contributed by atoms with Crippen LogP contribution >= 0.6 is 0 Å². The number of rotatable bonds is 2. The van der Waals surface area contributed by atoms with Crippen molar-refractivity contribution in [3.63, 3.8) is 0 Å². The molecule has 0 aromatic heterocycles. The number of carbonyl (C=O) groups is 2. The average Bonchev–Trinajstić information content (AvgIpc) is 2.79. The Kier molecular flexibility index (Phi) is 5.16. The third kappa shape index (κ3) is 2.96. The van der Waals surface area contributed by atoms with E-state index in [0.29, 0.717) is 19.3 Å². The molecule has 2 bridgehead atoms. The third-order valence-corrected chi connectivity index (χ3v) is 9.28. The summed E-state index contributed by atoms with van der Waals surface area (Å²) in [5.74, 6) is -1.56. The molecule has 0 aromatic carbocycles. The van der Waals surface area contributed by atoms with Crippen LogP contribution in [-0.2, 0) is 19.1 Å². The summed E-state index contributed by atoms with van der Waals surface area (Å²) < 4.78 is 11.4. The summed E-state index contributed by atoms with van der Waals surface area (Å²) in [5, 5.41) is 34.3. The van der Waals surface area contributed by atoms with Crippen LogP contribution in [0.25, 0.3) is 0 Å². The summed E-state index contributed by atoms with van der Waals surface area (Å²) in [5.41, 5.74) is -1.46. The lowest BCUT2D eigenvalue weighted by atomic mass is 9.38. The van der Waals surface area contributed by atoms with Gasteiger partial charge in [0.25, 0.3) is 0 Å². The van der Waals surface area contributed by atoms with E-state index in [1.54, 1.807) is 0 Å². The predicted molar refractivity (Wildman–Crippen MR) is 112 cm³/mol. The zero-order valence-corrected chi connectivity index (χ0v) is 19.1. The molecular weight excluding hydrogens is 400 g/mol. The van der Waals surface area contributed by atoms with E-state index in [1.807, 2.05) is 20.8 Å². The van der Waals surface area contributed by atoms with Gasteiger partial charge in [0.15, 0.2) is 0 Å². The lowest BCUT2D eigenvalue weighted by Crippen LogP contribution is -2.72. The number of hydrogen-bond donors (Lipinski definition) is 3. The lowest BCUT2D eigenvalue weighted by Gasteiger charge is -2.68. The number of esters is 2. The Balaban J connectivity index is 1.86. The minimum Gasteiger partial charge on any atom is -0.462 e. The van der Waals surface area contributed by atoms with Gasteiger partial charge in [-0.1, -0.05) is 27.4 Å². The Morgan fingerprint density at radius 2 is 1.58 bits per heavy atom. The van der Waals surface area contributed by atoms with Crippen molar-refractivity contribution in [3.05, 3.63) is 12.2 Å². The molecule has 31 heavy (non-hydrogen) atoms. The molecule has 0 saturated heterocycles. The van der Waals surface area contributed by atoms with Gasteiger partial charge in [-0.15, -0.1) is 0 Å². The van der Waals surface area contributed by atoms with Gasteiger partial charge in [0.1, 0.15) is 12.2 Å². The molecule has 0 unspecified atom stereocenters. The topological polar surface area (TPSA) is 113 Å². The van der Waals surface area contributed by atoms with Crippen LogP contribution in [0.2, 0.25) is 0 Å². The van der Waals surface area contributed by atoms with Crippen LogP contribution in [0.5, 0.6) is 0 Å². The fraction of sp³-hybridized carbons (Fsp3) is 0.833. The largest absolute Gasteiger partial charge is 0.462 e. The summed E-state index contributed by atoms with van der Waals surface area (Å²) in [6, 6.07) is 0. The third-order valence-electron chi connectivity index (χ3n) is 9.28. The Morgan fingerprint density at radius 1 is 0.968 bits per heavy atom. The Hall–Kier alpha value is -1.44. The summed E-state index contributed by atoms with van der Waals surface area (Å²) in [4.78, 5) is 23.8. The maximum absolute atomic E-state index is 12.0. The first-order valence-electron chi connectivity index (χ1n) is 11.3. The van der Waals surface area contributed by atoms with Gasteiger partial charge in [-0.05, 0) is 30.8 Å². The SMILES string of the molecule is C=C1[C@@H]2C[C@H](OC(C)=O)[C@@H]3[C@](C2)(C[C@H](O)[C@@H]2C(C)(C)[C@@H](OC(C)=O)C[C@H](O)[C@]23C)[C@@H]1O. The van der Waals surface area contributed by atoms with Crippen LogP contribution in [0, 0.1) is 34.0 Å². The minimum atomic E-state index is -0.901. The van der Waals surface area contributed by atoms with Crippen LogP contribution in [-0.4, -0.2) is 57.8 Å². The molecule has 0 amide bonds. The Bertz CT molecular complexity index is 806. The van der Waals surface area contributed by atoms with E-state index >= 15 is 0 Å². The van der Waals surface area contributed by atoms with Gasteiger partial charge >= 0.3 is 11.9 Å². The number of aliphatic hydroxyl groups is 3. The van der Waals surface area contributed by atoms with E-state index in [2.05, 4.69) is 6.58 Å². The first-order chi connectivity index (χ1) is 14.3. The van der Waals surface area contributed by atoms with Crippen molar-refractivity contribution < 1.29 is 34.4 Å². The average molecular weight is 437 g/mol. The van der Waals surface area contributed by atoms with Gasteiger partial charge in [0.05, 0.1) is 18.3 Å². The molecule has 7 heteroatoms. The fourth-order valence-corrected chi connectivity index (χ4v) is 8.47. The summed E-state index contributed by atoms with van der Waals surface area (Å²) in [7, 11) is 0. The maximum Gasteiger partial charge on any atom is 0.302 e. The highest BCUT2D eigenvalue weighted by Gasteiger charge is 2.74. The molecule has 4 aliphatic carbocycles. The van der Waals surface area contributed by atoms with E-state index in [0.717, 1.165) is 5.57 Å². The van der Waals surface area contributed by atoms with Crippen LogP contribution < -0.4 is 0 Å². The molecule has 0 aliphatic heterocycles. The number of aliphatic hydroxyl groups excluding tert-OH is 3. The molecule has 10 atom stereocenters. The van der Waals surface area contributed by atoms with Gasteiger partial charge in [0, 0.05) is 48.3 Å². The summed E-state index contributed by atoms with van der Waals surface area (Å²) in [6.07, 6.45) is -1.80. The highest BCUT2D eigenvalue weighted by Crippen LogP contribution is 2.72. The zero-order chi connectivity index (χ0) is 23.1. The van der Waals surface area contributed by atoms with Crippen molar-refractivity contribution in [1.29, 1.82) is 0 Å². The van der Waals surface area contributed by atoms with Crippen LogP contribution in [0.15, 0.2) is 12.2 Å². The number of ether oxygens (including phenoxy) is 2. The van der Waals surface area contributed by atoms with E-state index < -0.39 is 64.6 Å². The second-order valence-electron chi connectivity index (χ2n) is 11.3. The molecular formula is C24H36O7. The van der Waals surface area contributed by atoms with E-state index in [-0.39, 0.29) is 18.3 Å². The second kappa shape index (κ2) is 7.03. The molecule has 174 valence electrons. The van der Waals surface area contributed by atoms with Crippen LogP contribution in [0.1, 0.15) is 60.3 Å². The highest BCUT2D eigenvalue weighted by molar-refractivity contribution is 5.66.